The molecule has 0 bridgehead atoms. The molecule has 0 fully saturated rings. The molecule has 0 atom stereocenters. The first kappa shape index (κ1) is 7.33. The van der Waals surface area contributed by atoms with Crippen LogP contribution in [0.25, 0.3) is 0 Å². The fourth-order valence-corrected chi connectivity index (χ4v) is 0.691. The van der Waals surface area contributed by atoms with Crippen LogP contribution < -0.4 is 10.5 Å². The van der Waals surface area contributed by atoms with Crippen molar-refractivity contribution in [1.29, 1.82) is 0 Å². The van der Waals surface area contributed by atoms with E-state index in [1.165, 1.54) is 18.3 Å². The maximum Gasteiger partial charge on any atom is 0.344 e. The van der Waals surface area contributed by atoms with Crippen molar-refractivity contribution in [3.05, 3.63) is 23.9 Å². The van der Waals surface area contributed by atoms with E-state index in [4.69, 9.17) is 16.0 Å². The number of nitrogens with zero attached hydrogens (tertiary/aromatic N) is 1. The van der Waals surface area contributed by atoms with E-state index in [0.717, 1.165) is 0 Å². The number of carboxylic acid groups (broad SMARTS) is 1. The Morgan fingerprint density at radius 1 is 1.64 bits per heavy atom. The van der Waals surface area contributed by atoms with E-state index in [0.29, 0.717) is 4.73 Å². The molecule has 11 heavy (non-hydrogen) atoms. The fourth-order valence-electron chi connectivity index (χ4n) is 0.691. The highest BCUT2D eigenvalue weighted by molar-refractivity contribution is 5.91. The first-order chi connectivity index (χ1) is 5.13. The summed E-state index contributed by atoms with van der Waals surface area (Å²) >= 11 is 0. The molecule has 0 saturated heterocycles. The molecule has 5 heteroatoms. The average Bonchev–Trinajstić information content (AvgIpc) is 1.94. The number of anilines is 1. The van der Waals surface area contributed by atoms with Gasteiger partial charge in [0.15, 0.2) is 5.56 Å². The van der Waals surface area contributed by atoms with E-state index in [1.54, 1.807) is 0 Å². The van der Waals surface area contributed by atoms with Gasteiger partial charge in [0.25, 0.3) is 0 Å². The number of rotatable bonds is 1. The predicted molar refractivity (Wildman–Crippen MR) is 35.2 cm³/mol. The van der Waals surface area contributed by atoms with Crippen LogP contribution in [-0.4, -0.2) is 16.3 Å². The lowest BCUT2D eigenvalue weighted by molar-refractivity contribution is -0.893. The van der Waals surface area contributed by atoms with Crippen LogP contribution in [0.2, 0.25) is 0 Å². The summed E-state index contributed by atoms with van der Waals surface area (Å²) < 4.78 is 0.559. The molecule has 58 valence electrons. The lowest BCUT2D eigenvalue weighted by Gasteiger charge is -1.95. The minimum Gasteiger partial charge on any atom is -0.477 e. The van der Waals surface area contributed by atoms with Crippen LogP contribution in [0.3, 0.4) is 0 Å². The lowest BCUT2D eigenvalue weighted by Crippen LogP contribution is -2.35. The van der Waals surface area contributed by atoms with Gasteiger partial charge in [-0.3, -0.25) is 5.73 Å². The molecule has 1 rings (SSSR count). The monoisotopic (exact) mass is 155 g/mol. The topological polar surface area (TPSA) is 87.4 Å². The number of hydrogen-bond acceptors (Lipinski definition) is 3. The number of carboxylic acids is 1. The second-order valence-corrected chi connectivity index (χ2v) is 1.96. The smallest absolute Gasteiger partial charge is 0.344 e. The molecular formula is C6H7N2O3+. The summed E-state index contributed by atoms with van der Waals surface area (Å²) in [5.74, 6) is -1.34. The van der Waals surface area contributed by atoms with Crippen LogP contribution >= 0.6 is 0 Å². The number of hydrogen-bond donors (Lipinski definition) is 3. The Labute approximate surface area is 62.3 Å². The molecule has 5 nitrogen and oxygen atoms in total. The number of aromatic carboxylic acids is 1. The maximum atomic E-state index is 10.4. The number of carbonyl (C=O) groups is 1. The summed E-state index contributed by atoms with van der Waals surface area (Å²) in [6.45, 7) is 0. The highest BCUT2D eigenvalue weighted by atomic mass is 16.5. The lowest BCUT2D eigenvalue weighted by atomic mass is 10.2. The van der Waals surface area contributed by atoms with Gasteiger partial charge in [0.05, 0.1) is 0 Å². The average molecular weight is 155 g/mol. The summed E-state index contributed by atoms with van der Waals surface area (Å²) in [4.78, 5) is 10.4. The Morgan fingerprint density at radius 3 is 2.73 bits per heavy atom. The third-order valence-corrected chi connectivity index (χ3v) is 1.24. The molecule has 0 aliphatic heterocycles. The van der Waals surface area contributed by atoms with E-state index >= 15 is 0 Å². The van der Waals surface area contributed by atoms with Gasteiger partial charge in [0.2, 0.25) is 0 Å². The van der Waals surface area contributed by atoms with Crippen molar-refractivity contribution >= 4 is 11.8 Å². The number of aromatic nitrogens is 1. The molecule has 0 radical (unpaired) electrons. The molecule has 0 aliphatic rings. The molecule has 0 aromatic carbocycles. The van der Waals surface area contributed by atoms with Gasteiger partial charge in [-0.15, -0.1) is 0 Å². The largest absolute Gasteiger partial charge is 0.477 e. The summed E-state index contributed by atoms with van der Waals surface area (Å²) in [6.07, 6.45) is 1.25. The van der Waals surface area contributed by atoms with E-state index in [-0.39, 0.29) is 11.4 Å². The zero-order valence-electron chi connectivity index (χ0n) is 5.56. The normalized spacial score (nSPS) is 9.45. The fraction of sp³-hybridized carbons (Fsp3) is 0. The minimum atomic E-state index is -1.16. The van der Waals surface area contributed by atoms with Crippen molar-refractivity contribution in [2.24, 2.45) is 0 Å². The Hall–Kier alpha value is -1.78. The van der Waals surface area contributed by atoms with Gasteiger partial charge < -0.3 is 10.3 Å². The van der Waals surface area contributed by atoms with Crippen LogP contribution in [0.1, 0.15) is 10.4 Å². The molecule has 1 heterocycles. The first-order valence-electron chi connectivity index (χ1n) is 2.85. The third-order valence-electron chi connectivity index (χ3n) is 1.24. The van der Waals surface area contributed by atoms with Crippen molar-refractivity contribution < 1.29 is 19.8 Å². The molecule has 0 aliphatic carbocycles. The van der Waals surface area contributed by atoms with Gasteiger partial charge in [-0.25, -0.2) is 4.79 Å². The molecule has 0 unspecified atom stereocenters. The molecular weight excluding hydrogens is 148 g/mol. The molecule has 1 aromatic rings. The molecule has 0 spiro atoms. The van der Waals surface area contributed by atoms with Crippen molar-refractivity contribution in [2.45, 2.75) is 0 Å². The van der Waals surface area contributed by atoms with Gasteiger partial charge in [0.1, 0.15) is 6.20 Å². The minimum absolute atomic E-state index is 0.116. The third kappa shape index (κ3) is 1.21. The number of nitrogens with two attached hydrogens (primary N) is 1. The van der Waals surface area contributed by atoms with Crippen molar-refractivity contribution in [1.82, 2.24) is 0 Å². The molecule has 0 amide bonds. The zero-order valence-corrected chi connectivity index (χ0v) is 5.56. The Bertz CT molecular complexity index is 298. The van der Waals surface area contributed by atoms with Crippen LogP contribution in [0.5, 0.6) is 0 Å². The van der Waals surface area contributed by atoms with Crippen LogP contribution in [-0.2, 0) is 0 Å². The van der Waals surface area contributed by atoms with E-state index in [1.807, 2.05) is 0 Å². The predicted octanol–water partition coefficient (Wildman–Crippen LogP) is -0.508. The van der Waals surface area contributed by atoms with Gasteiger partial charge in [-0.2, -0.15) is 0 Å². The van der Waals surface area contributed by atoms with Crippen molar-refractivity contribution in [2.75, 3.05) is 5.73 Å². The van der Waals surface area contributed by atoms with Gasteiger partial charge in [-0.1, -0.05) is 4.73 Å². The summed E-state index contributed by atoms with van der Waals surface area (Å²) in [7, 11) is 0. The second kappa shape index (κ2) is 2.45. The maximum absolute atomic E-state index is 10.4. The Morgan fingerprint density at radius 2 is 2.27 bits per heavy atom. The summed E-state index contributed by atoms with van der Waals surface area (Å²) in [6, 6.07) is 2.70. The highest BCUT2D eigenvalue weighted by Crippen LogP contribution is 2.03. The van der Waals surface area contributed by atoms with Crippen molar-refractivity contribution in [3.63, 3.8) is 0 Å². The first-order valence-corrected chi connectivity index (χ1v) is 2.85. The highest BCUT2D eigenvalue weighted by Gasteiger charge is 2.15. The van der Waals surface area contributed by atoms with E-state index in [9.17, 15) is 4.79 Å². The molecule has 4 N–H and O–H groups in total. The Balaban J connectivity index is 3.27. The second-order valence-electron chi connectivity index (χ2n) is 1.96. The van der Waals surface area contributed by atoms with Crippen LogP contribution in [0.15, 0.2) is 18.3 Å². The summed E-state index contributed by atoms with van der Waals surface area (Å²) in [5, 5.41) is 17.4. The molecule has 0 saturated carbocycles. The summed E-state index contributed by atoms with van der Waals surface area (Å²) in [5.41, 5.74) is 5.10. The number of pyridine rings is 1. The number of nitrogen functional groups attached to an aromatic ring is 1. The SMILES string of the molecule is Nc1c(C(=O)O)ccc[n+]1O. The van der Waals surface area contributed by atoms with Crippen LogP contribution in [0, 0.1) is 0 Å². The Kier molecular flexibility index (Phi) is 1.63. The van der Waals surface area contributed by atoms with Gasteiger partial charge in [0, 0.05) is 0 Å². The van der Waals surface area contributed by atoms with E-state index < -0.39 is 5.97 Å². The quantitative estimate of drug-likeness (QED) is 0.376. The van der Waals surface area contributed by atoms with Gasteiger partial charge >= 0.3 is 11.8 Å². The van der Waals surface area contributed by atoms with E-state index in [2.05, 4.69) is 0 Å². The van der Waals surface area contributed by atoms with Crippen molar-refractivity contribution in [3.8, 4) is 0 Å². The standard InChI is InChI=1S/C6H6N2O3/c7-5-4(6(9)10)2-1-3-8(5)11/h1-3,7,11H,(H,9,10)/p+1. The van der Waals surface area contributed by atoms with Gasteiger partial charge in [-0.05, 0) is 12.1 Å². The van der Waals surface area contributed by atoms with Crippen LogP contribution in [0.4, 0.5) is 5.82 Å². The zero-order chi connectivity index (χ0) is 8.43. The molecule has 1 aromatic heterocycles.